The Morgan fingerprint density at radius 2 is 2.19 bits per heavy atom. The number of anilines is 2. The molecule has 0 saturated carbocycles. The number of ether oxygens (including phenoxy) is 1. The second kappa shape index (κ2) is 6.00. The van der Waals surface area contributed by atoms with Gasteiger partial charge < -0.3 is 15.4 Å². The lowest BCUT2D eigenvalue weighted by Crippen LogP contribution is -2.41. The smallest absolute Gasteiger partial charge is 0.258 e. The van der Waals surface area contributed by atoms with Gasteiger partial charge in [-0.2, -0.15) is 24.7 Å². The fourth-order valence-electron chi connectivity index (χ4n) is 2.42. The first-order valence-corrected chi connectivity index (χ1v) is 6.99. The molecule has 2 N–H and O–H groups in total. The maximum absolute atomic E-state index is 5.78. The van der Waals surface area contributed by atoms with E-state index in [9.17, 15) is 0 Å². The molecule has 2 aromatic rings. The van der Waals surface area contributed by atoms with E-state index in [1.54, 1.807) is 0 Å². The van der Waals surface area contributed by atoms with Crippen molar-refractivity contribution >= 4 is 11.9 Å². The van der Waals surface area contributed by atoms with E-state index in [4.69, 9.17) is 10.5 Å². The van der Waals surface area contributed by atoms with Crippen LogP contribution in [0.25, 0.3) is 5.95 Å². The van der Waals surface area contributed by atoms with Crippen molar-refractivity contribution in [3.8, 4) is 5.95 Å². The van der Waals surface area contributed by atoms with Crippen molar-refractivity contribution in [1.29, 1.82) is 0 Å². The van der Waals surface area contributed by atoms with Crippen LogP contribution in [0.3, 0.4) is 0 Å². The van der Waals surface area contributed by atoms with Crippen LogP contribution in [-0.4, -0.2) is 55.5 Å². The van der Waals surface area contributed by atoms with Crippen molar-refractivity contribution < 1.29 is 4.74 Å². The minimum Gasteiger partial charge on any atom is -0.377 e. The molecule has 2 aromatic heterocycles. The predicted molar refractivity (Wildman–Crippen MR) is 76.0 cm³/mol. The Balaban J connectivity index is 1.84. The summed E-state index contributed by atoms with van der Waals surface area (Å²) in [6, 6.07) is 0. The van der Waals surface area contributed by atoms with Crippen molar-refractivity contribution in [3.05, 3.63) is 12.7 Å². The lowest BCUT2D eigenvalue weighted by atomic mass is 10.1. The molecule has 9 heteroatoms. The monoisotopic (exact) mass is 290 g/mol. The summed E-state index contributed by atoms with van der Waals surface area (Å²) in [5.41, 5.74) is 5.78. The van der Waals surface area contributed by atoms with Crippen LogP contribution < -0.4 is 10.6 Å². The molecule has 1 atom stereocenters. The molecule has 1 aliphatic heterocycles. The van der Waals surface area contributed by atoms with E-state index in [1.165, 1.54) is 17.3 Å². The molecule has 0 aliphatic carbocycles. The SMILES string of the molecule is CCOC1CCCN(c2nc(N)nc(-n3cncn3)n2)C1. The average molecular weight is 290 g/mol. The number of hydrogen-bond donors (Lipinski definition) is 1. The van der Waals surface area contributed by atoms with E-state index in [0.29, 0.717) is 18.5 Å². The van der Waals surface area contributed by atoms with E-state index in [0.717, 1.165) is 25.9 Å². The van der Waals surface area contributed by atoms with Crippen molar-refractivity contribution in [3.63, 3.8) is 0 Å². The first-order valence-electron chi connectivity index (χ1n) is 6.99. The summed E-state index contributed by atoms with van der Waals surface area (Å²) in [6.45, 7) is 4.35. The molecular formula is C12H18N8O. The topological polar surface area (TPSA) is 108 Å². The fourth-order valence-corrected chi connectivity index (χ4v) is 2.42. The standard InChI is InChI=1S/C12H18N8O/c1-2-21-9-4-3-5-19(6-9)11-16-10(13)17-12(18-11)20-8-14-7-15-20/h7-9H,2-6H2,1H3,(H2,13,16,17,18). The molecule has 1 aliphatic rings. The zero-order chi connectivity index (χ0) is 14.7. The van der Waals surface area contributed by atoms with Gasteiger partial charge in [-0.3, -0.25) is 0 Å². The van der Waals surface area contributed by atoms with Crippen molar-refractivity contribution in [1.82, 2.24) is 29.7 Å². The molecule has 1 fully saturated rings. The molecule has 3 rings (SSSR count). The lowest BCUT2D eigenvalue weighted by Gasteiger charge is -2.32. The first kappa shape index (κ1) is 13.7. The van der Waals surface area contributed by atoms with Crippen LogP contribution in [0, 0.1) is 0 Å². The normalized spacial score (nSPS) is 18.9. The Labute approximate surface area is 122 Å². The van der Waals surface area contributed by atoms with Crippen LogP contribution in [0.4, 0.5) is 11.9 Å². The first-order chi connectivity index (χ1) is 10.3. The summed E-state index contributed by atoms with van der Waals surface area (Å²) in [6.07, 6.45) is 5.25. The molecule has 3 heterocycles. The van der Waals surface area contributed by atoms with Gasteiger partial charge in [-0.15, -0.1) is 0 Å². The minimum absolute atomic E-state index is 0.170. The van der Waals surface area contributed by atoms with Gasteiger partial charge in [0.2, 0.25) is 11.9 Å². The molecule has 0 spiro atoms. The van der Waals surface area contributed by atoms with Gasteiger partial charge in [-0.25, -0.2) is 4.98 Å². The summed E-state index contributed by atoms with van der Waals surface area (Å²) in [5.74, 6) is 1.09. The number of piperidine rings is 1. The van der Waals surface area contributed by atoms with E-state index in [-0.39, 0.29) is 12.1 Å². The number of hydrogen-bond acceptors (Lipinski definition) is 8. The summed E-state index contributed by atoms with van der Waals surface area (Å²) in [4.78, 5) is 18.7. The summed E-state index contributed by atoms with van der Waals surface area (Å²) in [7, 11) is 0. The number of nitrogens with two attached hydrogens (primary N) is 1. The largest absolute Gasteiger partial charge is 0.377 e. The lowest BCUT2D eigenvalue weighted by molar-refractivity contribution is 0.0523. The van der Waals surface area contributed by atoms with Crippen molar-refractivity contribution in [2.75, 3.05) is 30.3 Å². The van der Waals surface area contributed by atoms with Crippen LogP contribution in [-0.2, 0) is 4.74 Å². The van der Waals surface area contributed by atoms with Gasteiger partial charge >= 0.3 is 0 Å². The number of nitrogen functional groups attached to an aromatic ring is 1. The van der Waals surface area contributed by atoms with E-state index < -0.39 is 0 Å². The minimum atomic E-state index is 0.170. The van der Waals surface area contributed by atoms with Gasteiger partial charge in [0.1, 0.15) is 12.7 Å². The highest BCUT2D eigenvalue weighted by Gasteiger charge is 2.23. The molecule has 1 unspecified atom stereocenters. The Morgan fingerprint density at radius 1 is 1.33 bits per heavy atom. The van der Waals surface area contributed by atoms with Gasteiger partial charge in [-0.05, 0) is 19.8 Å². The third-order valence-electron chi connectivity index (χ3n) is 3.32. The molecule has 0 bridgehead atoms. The fraction of sp³-hybridized carbons (Fsp3) is 0.583. The van der Waals surface area contributed by atoms with Crippen LogP contribution in [0.5, 0.6) is 0 Å². The molecule has 9 nitrogen and oxygen atoms in total. The molecule has 112 valence electrons. The molecule has 1 saturated heterocycles. The number of rotatable bonds is 4. The van der Waals surface area contributed by atoms with E-state index in [2.05, 4.69) is 29.9 Å². The molecule has 21 heavy (non-hydrogen) atoms. The zero-order valence-electron chi connectivity index (χ0n) is 11.9. The second-order valence-corrected chi connectivity index (χ2v) is 4.80. The van der Waals surface area contributed by atoms with Crippen LogP contribution in [0.15, 0.2) is 12.7 Å². The van der Waals surface area contributed by atoms with Crippen LogP contribution >= 0.6 is 0 Å². The second-order valence-electron chi connectivity index (χ2n) is 4.80. The maximum Gasteiger partial charge on any atom is 0.258 e. The molecule has 0 radical (unpaired) electrons. The van der Waals surface area contributed by atoms with Crippen molar-refractivity contribution in [2.45, 2.75) is 25.9 Å². The quantitative estimate of drug-likeness (QED) is 0.840. The summed E-state index contributed by atoms with van der Waals surface area (Å²) in [5, 5.41) is 4.01. The highest BCUT2D eigenvalue weighted by atomic mass is 16.5. The van der Waals surface area contributed by atoms with Gasteiger partial charge in [0.05, 0.1) is 6.10 Å². The maximum atomic E-state index is 5.78. The predicted octanol–water partition coefficient (Wildman–Crippen LogP) is 0.0398. The van der Waals surface area contributed by atoms with E-state index in [1.807, 2.05) is 6.92 Å². The van der Waals surface area contributed by atoms with Crippen LogP contribution in [0.2, 0.25) is 0 Å². The van der Waals surface area contributed by atoms with Crippen molar-refractivity contribution in [2.24, 2.45) is 0 Å². The third kappa shape index (κ3) is 3.07. The Kier molecular flexibility index (Phi) is 3.91. The molecule has 0 amide bonds. The van der Waals surface area contributed by atoms with E-state index >= 15 is 0 Å². The zero-order valence-corrected chi connectivity index (χ0v) is 11.9. The summed E-state index contributed by atoms with van der Waals surface area (Å²) < 4.78 is 7.16. The van der Waals surface area contributed by atoms with Gasteiger partial charge in [0, 0.05) is 19.7 Å². The van der Waals surface area contributed by atoms with Gasteiger partial charge in [0.25, 0.3) is 5.95 Å². The number of nitrogens with zero attached hydrogens (tertiary/aromatic N) is 7. The highest BCUT2D eigenvalue weighted by Crippen LogP contribution is 2.19. The Bertz CT molecular complexity index is 585. The molecular weight excluding hydrogens is 272 g/mol. The average Bonchev–Trinajstić information content (AvgIpc) is 3.01. The molecule has 0 aromatic carbocycles. The number of aromatic nitrogens is 6. The van der Waals surface area contributed by atoms with Crippen LogP contribution in [0.1, 0.15) is 19.8 Å². The highest BCUT2D eigenvalue weighted by molar-refractivity contribution is 5.38. The third-order valence-corrected chi connectivity index (χ3v) is 3.32. The summed E-state index contributed by atoms with van der Waals surface area (Å²) >= 11 is 0. The van der Waals surface area contributed by atoms with Gasteiger partial charge in [0.15, 0.2) is 0 Å². The Hall–Kier alpha value is -2.29. The Morgan fingerprint density at radius 3 is 2.95 bits per heavy atom. The van der Waals surface area contributed by atoms with Gasteiger partial charge in [-0.1, -0.05) is 0 Å².